The van der Waals surface area contributed by atoms with Crippen molar-refractivity contribution in [3.63, 3.8) is 0 Å². The molecular weight excluding hydrogens is 248 g/mol. The molecule has 0 aromatic carbocycles. The SMILES string of the molecule is NC12CC3CC1CCCC3(N1CCCS1(=O)=O)C2. The van der Waals surface area contributed by atoms with Gasteiger partial charge in [0.15, 0.2) is 0 Å². The molecule has 0 spiro atoms. The van der Waals surface area contributed by atoms with Gasteiger partial charge in [-0.3, -0.25) is 0 Å². The minimum absolute atomic E-state index is 0.0563. The molecule has 4 saturated carbocycles. The fraction of sp³-hybridized carbons (Fsp3) is 1.00. The van der Waals surface area contributed by atoms with E-state index < -0.39 is 10.0 Å². The van der Waals surface area contributed by atoms with Crippen molar-refractivity contribution in [1.29, 1.82) is 0 Å². The molecule has 102 valence electrons. The van der Waals surface area contributed by atoms with Crippen LogP contribution in [0.25, 0.3) is 0 Å². The first-order valence-electron chi connectivity index (χ1n) is 7.26. The van der Waals surface area contributed by atoms with Gasteiger partial charge in [-0.05, 0) is 50.4 Å². The van der Waals surface area contributed by atoms with E-state index in [1.807, 2.05) is 4.31 Å². The van der Waals surface area contributed by atoms with E-state index in [2.05, 4.69) is 0 Å². The molecule has 0 aromatic heterocycles. The zero-order chi connectivity index (χ0) is 12.6. The minimum Gasteiger partial charge on any atom is -0.325 e. The smallest absolute Gasteiger partial charge is 0.214 e. The van der Waals surface area contributed by atoms with Crippen LogP contribution in [0.15, 0.2) is 0 Å². The Bertz CT molecular complexity index is 491. The molecule has 1 saturated heterocycles. The second-order valence-corrected chi connectivity index (χ2v) is 8.99. The molecule has 2 N–H and O–H groups in total. The van der Waals surface area contributed by atoms with Crippen LogP contribution in [-0.4, -0.2) is 36.1 Å². The van der Waals surface area contributed by atoms with E-state index in [4.69, 9.17) is 5.73 Å². The molecule has 5 fully saturated rings. The van der Waals surface area contributed by atoms with Crippen molar-refractivity contribution in [2.75, 3.05) is 12.3 Å². The third-order valence-corrected chi connectivity index (χ3v) is 8.18. The second-order valence-electron chi connectivity index (χ2n) is 6.98. The lowest BCUT2D eigenvalue weighted by Gasteiger charge is -2.45. The van der Waals surface area contributed by atoms with Gasteiger partial charge in [-0.2, -0.15) is 4.31 Å². The van der Waals surface area contributed by atoms with Gasteiger partial charge in [-0.1, -0.05) is 6.42 Å². The highest BCUT2D eigenvalue weighted by atomic mass is 32.2. The summed E-state index contributed by atoms with van der Waals surface area (Å²) in [5, 5.41) is 0. The Morgan fingerprint density at radius 1 is 1.22 bits per heavy atom. The molecule has 0 radical (unpaired) electrons. The van der Waals surface area contributed by atoms with E-state index >= 15 is 0 Å². The third-order valence-electron chi connectivity index (χ3n) is 6.16. The van der Waals surface area contributed by atoms with E-state index in [0.29, 0.717) is 17.6 Å². The second kappa shape index (κ2) is 3.30. The zero-order valence-electron chi connectivity index (χ0n) is 10.8. The maximum atomic E-state index is 12.3. The summed E-state index contributed by atoms with van der Waals surface area (Å²) in [4.78, 5) is 0. The van der Waals surface area contributed by atoms with Crippen molar-refractivity contribution in [1.82, 2.24) is 4.31 Å². The Labute approximate surface area is 109 Å². The molecule has 0 aromatic rings. The Morgan fingerprint density at radius 3 is 2.67 bits per heavy atom. The van der Waals surface area contributed by atoms with Crippen LogP contribution in [0, 0.1) is 11.8 Å². The van der Waals surface area contributed by atoms with Crippen molar-refractivity contribution < 1.29 is 8.42 Å². The van der Waals surface area contributed by atoms with Gasteiger partial charge >= 0.3 is 0 Å². The first kappa shape index (κ1) is 11.7. The van der Waals surface area contributed by atoms with E-state index in [0.717, 1.165) is 38.6 Å². The lowest BCUT2D eigenvalue weighted by molar-refractivity contribution is 0.102. The van der Waals surface area contributed by atoms with Crippen LogP contribution >= 0.6 is 0 Å². The Kier molecular flexibility index (Phi) is 2.14. The van der Waals surface area contributed by atoms with Crippen LogP contribution in [0.2, 0.25) is 0 Å². The molecule has 18 heavy (non-hydrogen) atoms. The maximum Gasteiger partial charge on any atom is 0.214 e. The summed E-state index contributed by atoms with van der Waals surface area (Å²) in [7, 11) is -3.00. The number of sulfonamides is 1. The van der Waals surface area contributed by atoms with Crippen LogP contribution in [-0.2, 0) is 10.0 Å². The molecule has 5 rings (SSSR count). The molecule has 4 nitrogen and oxygen atoms in total. The first-order valence-corrected chi connectivity index (χ1v) is 8.87. The highest BCUT2D eigenvalue weighted by Gasteiger charge is 2.66. The van der Waals surface area contributed by atoms with Gasteiger partial charge in [0.25, 0.3) is 0 Å². The van der Waals surface area contributed by atoms with Crippen LogP contribution < -0.4 is 5.73 Å². The molecular formula is C13H22N2O2S. The molecule has 5 aliphatic rings. The lowest BCUT2D eigenvalue weighted by Crippen LogP contribution is -2.56. The quantitative estimate of drug-likeness (QED) is 0.775. The average Bonchev–Trinajstić information content (AvgIpc) is 2.80. The number of nitrogens with zero attached hydrogens (tertiary/aromatic N) is 1. The lowest BCUT2D eigenvalue weighted by atomic mass is 9.75. The number of rotatable bonds is 1. The maximum absolute atomic E-state index is 12.3. The molecule has 4 atom stereocenters. The van der Waals surface area contributed by atoms with E-state index in [1.54, 1.807) is 0 Å². The van der Waals surface area contributed by atoms with Crippen LogP contribution in [0.1, 0.15) is 44.9 Å². The van der Waals surface area contributed by atoms with E-state index in [9.17, 15) is 8.42 Å². The average molecular weight is 270 g/mol. The highest BCUT2D eigenvalue weighted by Crippen LogP contribution is 2.63. The van der Waals surface area contributed by atoms with Gasteiger partial charge in [-0.25, -0.2) is 8.42 Å². The monoisotopic (exact) mass is 270 g/mol. The van der Waals surface area contributed by atoms with E-state index in [1.165, 1.54) is 12.8 Å². The van der Waals surface area contributed by atoms with Crippen molar-refractivity contribution in [3.8, 4) is 0 Å². The number of nitrogens with two attached hydrogens (primary N) is 1. The van der Waals surface area contributed by atoms with Gasteiger partial charge in [-0.15, -0.1) is 0 Å². The van der Waals surface area contributed by atoms with Crippen LogP contribution in [0.3, 0.4) is 0 Å². The van der Waals surface area contributed by atoms with Gasteiger partial charge in [0.1, 0.15) is 0 Å². The molecule has 1 heterocycles. The Morgan fingerprint density at radius 2 is 2.06 bits per heavy atom. The fourth-order valence-corrected chi connectivity index (χ4v) is 7.52. The van der Waals surface area contributed by atoms with Crippen molar-refractivity contribution >= 4 is 10.0 Å². The summed E-state index contributed by atoms with van der Waals surface area (Å²) in [6.45, 7) is 0.736. The summed E-state index contributed by atoms with van der Waals surface area (Å²) in [6.07, 6.45) is 7.37. The summed E-state index contributed by atoms with van der Waals surface area (Å²) in [6, 6.07) is 0. The molecule has 4 aliphatic carbocycles. The third kappa shape index (κ3) is 1.26. The largest absolute Gasteiger partial charge is 0.325 e. The topological polar surface area (TPSA) is 63.4 Å². The summed E-state index contributed by atoms with van der Waals surface area (Å²) in [5.74, 6) is 1.54. The summed E-state index contributed by atoms with van der Waals surface area (Å²) < 4.78 is 26.5. The molecule has 4 unspecified atom stereocenters. The summed E-state index contributed by atoms with van der Waals surface area (Å²) >= 11 is 0. The first-order chi connectivity index (χ1) is 8.46. The predicted molar refractivity (Wildman–Crippen MR) is 69.4 cm³/mol. The number of hydrogen-bond acceptors (Lipinski definition) is 3. The van der Waals surface area contributed by atoms with Crippen LogP contribution in [0.4, 0.5) is 0 Å². The van der Waals surface area contributed by atoms with Crippen molar-refractivity contribution in [2.24, 2.45) is 17.6 Å². The molecule has 0 amide bonds. The van der Waals surface area contributed by atoms with Crippen LogP contribution in [0.5, 0.6) is 0 Å². The van der Waals surface area contributed by atoms with Crippen molar-refractivity contribution in [2.45, 2.75) is 56.0 Å². The number of fused-ring (bicyclic) bond motifs is 2. The normalized spacial score (nSPS) is 54.1. The van der Waals surface area contributed by atoms with Gasteiger partial charge in [0.05, 0.1) is 5.75 Å². The summed E-state index contributed by atoms with van der Waals surface area (Å²) in [5.41, 5.74) is 6.45. The van der Waals surface area contributed by atoms with Gasteiger partial charge < -0.3 is 5.73 Å². The highest BCUT2D eigenvalue weighted by molar-refractivity contribution is 7.89. The van der Waals surface area contributed by atoms with Crippen molar-refractivity contribution in [3.05, 3.63) is 0 Å². The fourth-order valence-electron chi connectivity index (χ4n) is 5.54. The molecule has 4 bridgehead atoms. The Hall–Kier alpha value is -0.130. The zero-order valence-corrected chi connectivity index (χ0v) is 11.6. The Balaban J connectivity index is 1.80. The molecule has 1 aliphatic heterocycles. The van der Waals surface area contributed by atoms with Gasteiger partial charge in [0, 0.05) is 17.6 Å². The van der Waals surface area contributed by atoms with E-state index in [-0.39, 0.29) is 11.1 Å². The predicted octanol–water partition coefficient (Wildman–Crippen LogP) is 1.07. The molecule has 5 heteroatoms. The number of hydrogen-bond donors (Lipinski definition) is 1. The standard InChI is InChI=1S/C13H22N2O2S/c14-12-8-11-7-10(12)3-1-4-13(11,9-12)15-5-2-6-18(15,16)17/h10-11H,1-9,14H2. The van der Waals surface area contributed by atoms with Gasteiger partial charge in [0.2, 0.25) is 10.0 Å². The minimum atomic E-state index is -3.00.